The zero-order valence-corrected chi connectivity index (χ0v) is 14.8. The van der Waals surface area contributed by atoms with Gasteiger partial charge in [0.15, 0.2) is 0 Å². The van der Waals surface area contributed by atoms with Crippen molar-refractivity contribution in [2.24, 2.45) is 0 Å². The van der Waals surface area contributed by atoms with E-state index in [9.17, 15) is 4.79 Å². The Hall–Kier alpha value is -2.37. The Labute approximate surface area is 153 Å². The molecule has 0 aliphatic rings. The minimum atomic E-state index is -0.323. The van der Waals surface area contributed by atoms with Gasteiger partial charge in [0.2, 0.25) is 0 Å². The van der Waals surface area contributed by atoms with Crippen LogP contribution in [0.25, 0.3) is 11.3 Å². The number of nitrogens with zero attached hydrogens (tertiary/aromatic N) is 1. The van der Waals surface area contributed by atoms with Crippen LogP contribution in [-0.4, -0.2) is 11.0 Å². The second-order valence-corrected chi connectivity index (χ2v) is 6.26. The lowest BCUT2D eigenvalue weighted by Gasteiger charge is -2.09. The molecule has 4 nitrogen and oxygen atoms in total. The number of carbonyl (C=O) groups excluding carboxylic acids is 1. The van der Waals surface area contributed by atoms with Gasteiger partial charge >= 0.3 is 6.03 Å². The summed E-state index contributed by atoms with van der Waals surface area (Å²) in [5.41, 5.74) is 3.09. The molecule has 0 saturated heterocycles. The fourth-order valence-electron chi connectivity index (χ4n) is 2.15. The highest BCUT2D eigenvalue weighted by atomic mass is 79.9. The summed E-state index contributed by atoms with van der Waals surface area (Å²) in [6.45, 7) is 0. The molecule has 2 amide bonds. The van der Waals surface area contributed by atoms with Crippen LogP contribution in [0.5, 0.6) is 0 Å². The van der Waals surface area contributed by atoms with Crippen molar-refractivity contribution < 1.29 is 4.79 Å². The molecule has 0 aliphatic carbocycles. The van der Waals surface area contributed by atoms with E-state index in [2.05, 4.69) is 31.5 Å². The first-order chi connectivity index (χ1) is 11.6. The number of urea groups is 1. The summed E-state index contributed by atoms with van der Waals surface area (Å²) in [6, 6.07) is 19.8. The van der Waals surface area contributed by atoms with Crippen molar-refractivity contribution in [2.75, 3.05) is 10.6 Å². The molecule has 1 aromatic heterocycles. The minimum absolute atomic E-state index is 0.323. The summed E-state index contributed by atoms with van der Waals surface area (Å²) in [6.07, 6.45) is 0. The lowest BCUT2D eigenvalue weighted by Crippen LogP contribution is -2.19. The molecule has 3 aromatic rings. The summed E-state index contributed by atoms with van der Waals surface area (Å²) in [4.78, 5) is 16.5. The first-order valence-electron chi connectivity index (χ1n) is 7.17. The summed E-state index contributed by atoms with van der Waals surface area (Å²) >= 11 is 9.19. The number of rotatable bonds is 3. The second kappa shape index (κ2) is 7.47. The molecule has 0 radical (unpaired) electrons. The van der Waals surface area contributed by atoms with Crippen LogP contribution in [0, 0.1) is 0 Å². The average Bonchev–Trinajstić information content (AvgIpc) is 2.57. The fourth-order valence-corrected chi connectivity index (χ4v) is 2.62. The SMILES string of the molecule is O=C(Nc1ccc(Cl)cc1)Nc1cccc(-c2cccc(Br)n2)c1. The molecule has 0 aliphatic heterocycles. The van der Waals surface area contributed by atoms with Crippen LogP contribution >= 0.6 is 27.5 Å². The van der Waals surface area contributed by atoms with Gasteiger partial charge in [-0.25, -0.2) is 9.78 Å². The number of hydrogen-bond acceptors (Lipinski definition) is 2. The van der Waals surface area contributed by atoms with Crippen LogP contribution < -0.4 is 10.6 Å². The minimum Gasteiger partial charge on any atom is -0.308 e. The molecule has 0 atom stereocenters. The molecule has 3 rings (SSSR count). The van der Waals surface area contributed by atoms with E-state index in [0.717, 1.165) is 15.9 Å². The number of hydrogen-bond donors (Lipinski definition) is 2. The summed E-state index contributed by atoms with van der Waals surface area (Å²) in [5, 5.41) is 6.18. The Morgan fingerprint density at radius 3 is 2.38 bits per heavy atom. The second-order valence-electron chi connectivity index (χ2n) is 5.01. The van der Waals surface area contributed by atoms with E-state index in [0.29, 0.717) is 16.4 Å². The van der Waals surface area contributed by atoms with E-state index in [1.165, 1.54) is 0 Å². The molecule has 120 valence electrons. The van der Waals surface area contributed by atoms with Gasteiger partial charge in [-0.15, -0.1) is 0 Å². The molecule has 2 aromatic carbocycles. The third kappa shape index (κ3) is 4.34. The number of halogens is 2. The highest BCUT2D eigenvalue weighted by molar-refractivity contribution is 9.10. The molecular weight excluding hydrogens is 390 g/mol. The van der Waals surface area contributed by atoms with Gasteiger partial charge in [0, 0.05) is 22.0 Å². The molecule has 1 heterocycles. The van der Waals surface area contributed by atoms with Crippen LogP contribution in [0.15, 0.2) is 71.3 Å². The maximum absolute atomic E-state index is 12.1. The zero-order chi connectivity index (χ0) is 16.9. The third-order valence-electron chi connectivity index (χ3n) is 3.23. The molecule has 0 unspecified atom stereocenters. The van der Waals surface area contributed by atoms with E-state index in [1.54, 1.807) is 24.3 Å². The largest absolute Gasteiger partial charge is 0.323 e. The lowest BCUT2D eigenvalue weighted by molar-refractivity contribution is 0.262. The molecule has 0 saturated carbocycles. The van der Waals surface area contributed by atoms with E-state index in [1.807, 2.05) is 42.5 Å². The van der Waals surface area contributed by atoms with Gasteiger partial charge in [-0.1, -0.05) is 29.8 Å². The van der Waals surface area contributed by atoms with Crippen molar-refractivity contribution in [1.82, 2.24) is 4.98 Å². The topological polar surface area (TPSA) is 54.0 Å². The number of carbonyl (C=O) groups is 1. The maximum Gasteiger partial charge on any atom is 0.323 e. The number of amides is 2. The number of pyridine rings is 1. The molecule has 0 spiro atoms. The number of anilines is 2. The predicted molar refractivity (Wildman–Crippen MR) is 101 cm³/mol. The van der Waals surface area contributed by atoms with Crippen LogP contribution in [0.3, 0.4) is 0 Å². The third-order valence-corrected chi connectivity index (χ3v) is 3.93. The highest BCUT2D eigenvalue weighted by Crippen LogP contribution is 2.22. The van der Waals surface area contributed by atoms with Crippen molar-refractivity contribution in [3.05, 3.63) is 76.4 Å². The fraction of sp³-hybridized carbons (Fsp3) is 0. The Morgan fingerprint density at radius 2 is 1.62 bits per heavy atom. The van der Waals surface area contributed by atoms with Gasteiger partial charge < -0.3 is 10.6 Å². The van der Waals surface area contributed by atoms with Crippen molar-refractivity contribution in [2.45, 2.75) is 0 Å². The van der Waals surface area contributed by atoms with E-state index < -0.39 is 0 Å². The summed E-state index contributed by atoms with van der Waals surface area (Å²) in [5.74, 6) is 0. The van der Waals surface area contributed by atoms with Crippen LogP contribution in [-0.2, 0) is 0 Å². The predicted octanol–water partition coefficient (Wildman–Crippen LogP) is 5.81. The normalized spacial score (nSPS) is 10.2. The zero-order valence-electron chi connectivity index (χ0n) is 12.5. The molecule has 0 bridgehead atoms. The van der Waals surface area contributed by atoms with Crippen molar-refractivity contribution >= 4 is 44.9 Å². The van der Waals surface area contributed by atoms with Gasteiger partial charge in [0.1, 0.15) is 4.60 Å². The van der Waals surface area contributed by atoms with E-state index >= 15 is 0 Å². The Balaban J connectivity index is 1.72. The number of nitrogens with one attached hydrogen (secondary N) is 2. The number of benzene rings is 2. The standard InChI is InChI=1S/C18H13BrClN3O/c19-17-6-2-5-16(23-17)12-3-1-4-15(11-12)22-18(24)21-14-9-7-13(20)8-10-14/h1-11H,(H2,21,22,24). The van der Waals surface area contributed by atoms with Crippen molar-refractivity contribution in [3.63, 3.8) is 0 Å². The highest BCUT2D eigenvalue weighted by Gasteiger charge is 2.05. The van der Waals surface area contributed by atoms with Gasteiger partial charge in [0.05, 0.1) is 5.69 Å². The Kier molecular flexibility index (Phi) is 5.13. The van der Waals surface area contributed by atoms with Crippen LogP contribution in [0.2, 0.25) is 5.02 Å². The van der Waals surface area contributed by atoms with Crippen LogP contribution in [0.4, 0.5) is 16.2 Å². The Bertz CT molecular complexity index is 868. The summed E-state index contributed by atoms with van der Waals surface area (Å²) in [7, 11) is 0. The van der Waals surface area contributed by atoms with Gasteiger partial charge in [-0.3, -0.25) is 0 Å². The molecule has 2 N–H and O–H groups in total. The van der Waals surface area contributed by atoms with E-state index in [-0.39, 0.29) is 6.03 Å². The number of aromatic nitrogens is 1. The Morgan fingerprint density at radius 1 is 0.917 bits per heavy atom. The van der Waals surface area contributed by atoms with Gasteiger partial charge in [0.25, 0.3) is 0 Å². The average molecular weight is 403 g/mol. The van der Waals surface area contributed by atoms with Gasteiger partial charge in [-0.2, -0.15) is 0 Å². The molecule has 6 heteroatoms. The monoisotopic (exact) mass is 401 g/mol. The van der Waals surface area contributed by atoms with Crippen molar-refractivity contribution in [1.29, 1.82) is 0 Å². The quantitative estimate of drug-likeness (QED) is 0.543. The first kappa shape index (κ1) is 16.5. The van der Waals surface area contributed by atoms with Crippen LogP contribution in [0.1, 0.15) is 0 Å². The maximum atomic E-state index is 12.1. The summed E-state index contributed by atoms with van der Waals surface area (Å²) < 4.78 is 0.763. The molecule has 0 fully saturated rings. The molecular formula is C18H13BrClN3O. The lowest BCUT2D eigenvalue weighted by atomic mass is 10.1. The smallest absolute Gasteiger partial charge is 0.308 e. The van der Waals surface area contributed by atoms with Gasteiger partial charge in [-0.05, 0) is 64.5 Å². The first-order valence-corrected chi connectivity index (χ1v) is 8.34. The molecule has 24 heavy (non-hydrogen) atoms. The van der Waals surface area contributed by atoms with Crippen molar-refractivity contribution in [3.8, 4) is 11.3 Å². The van der Waals surface area contributed by atoms with E-state index in [4.69, 9.17) is 11.6 Å².